The van der Waals surface area contributed by atoms with Crippen LogP contribution in [0.2, 0.25) is 0 Å². The van der Waals surface area contributed by atoms with Gasteiger partial charge in [-0.1, -0.05) is 12.1 Å². The van der Waals surface area contributed by atoms with Crippen molar-refractivity contribution in [2.45, 2.75) is 45.2 Å². The molecule has 4 heterocycles. The van der Waals surface area contributed by atoms with E-state index in [1.807, 2.05) is 28.8 Å². The van der Waals surface area contributed by atoms with Crippen molar-refractivity contribution < 1.29 is 9.32 Å². The molecule has 2 unspecified atom stereocenters. The van der Waals surface area contributed by atoms with Gasteiger partial charge >= 0.3 is 0 Å². The maximum atomic E-state index is 12.9. The van der Waals surface area contributed by atoms with E-state index in [4.69, 9.17) is 4.52 Å². The number of amides is 1. The number of aryl methyl sites for hydroxylation is 1. The lowest BCUT2D eigenvalue weighted by molar-refractivity contribution is 0.0545. The van der Waals surface area contributed by atoms with Crippen LogP contribution in [-0.4, -0.2) is 74.9 Å². The number of aromatic nitrogens is 4. The van der Waals surface area contributed by atoms with Gasteiger partial charge in [-0.05, 0) is 32.4 Å². The van der Waals surface area contributed by atoms with E-state index in [-0.39, 0.29) is 24.4 Å². The first-order valence-corrected chi connectivity index (χ1v) is 10.3. The third-order valence-corrected chi connectivity index (χ3v) is 5.78. The Hall–Kier alpha value is -1.97. The molecule has 0 aliphatic carbocycles. The van der Waals surface area contributed by atoms with E-state index in [9.17, 15) is 4.79 Å². The third-order valence-electron chi connectivity index (χ3n) is 5.78. The Labute approximate surface area is 177 Å². The number of rotatable bonds is 5. The minimum atomic E-state index is 0. The quantitative estimate of drug-likeness (QED) is 0.782. The van der Waals surface area contributed by atoms with Gasteiger partial charge in [0.15, 0.2) is 5.82 Å². The molecule has 2 aliphatic heterocycles. The van der Waals surface area contributed by atoms with Gasteiger partial charge in [0.2, 0.25) is 5.89 Å². The molecule has 10 heteroatoms. The number of nitrogens with zero attached hydrogens (tertiary/aromatic N) is 6. The number of hydrogen-bond acceptors (Lipinski definition) is 7. The van der Waals surface area contributed by atoms with E-state index < -0.39 is 0 Å². The van der Waals surface area contributed by atoms with Gasteiger partial charge in [0.25, 0.3) is 5.91 Å². The summed E-state index contributed by atoms with van der Waals surface area (Å²) < 4.78 is 7.32. The molecule has 0 aromatic carbocycles. The second-order valence-corrected chi connectivity index (χ2v) is 7.59. The molecule has 0 saturated carbocycles. The highest BCUT2D eigenvalue weighted by Gasteiger charge is 2.29. The highest BCUT2D eigenvalue weighted by atomic mass is 35.5. The van der Waals surface area contributed by atoms with Crippen molar-refractivity contribution in [2.24, 2.45) is 0 Å². The number of hydrogen-bond donors (Lipinski definition) is 1. The monoisotopic (exact) mass is 423 g/mol. The SMILES string of the molecule is CCc1noc(C(C)N2CCN(C(=O)c3ccn(C4CCCNC4)n3)CC2)n1.Cl. The van der Waals surface area contributed by atoms with Crippen LogP contribution in [0.1, 0.15) is 61.0 Å². The Morgan fingerprint density at radius 2 is 2.14 bits per heavy atom. The van der Waals surface area contributed by atoms with E-state index in [0.717, 1.165) is 51.3 Å². The normalized spacial score (nSPS) is 21.6. The number of carbonyl (C=O) groups is 1. The van der Waals surface area contributed by atoms with Gasteiger partial charge in [-0.2, -0.15) is 10.1 Å². The van der Waals surface area contributed by atoms with Crippen LogP contribution in [0.15, 0.2) is 16.8 Å². The molecule has 4 rings (SSSR count). The van der Waals surface area contributed by atoms with Gasteiger partial charge in [-0.3, -0.25) is 14.4 Å². The fourth-order valence-corrected chi connectivity index (χ4v) is 3.93. The van der Waals surface area contributed by atoms with Crippen LogP contribution in [0.4, 0.5) is 0 Å². The van der Waals surface area contributed by atoms with Crippen LogP contribution < -0.4 is 5.32 Å². The Kier molecular flexibility index (Phi) is 7.26. The molecule has 0 radical (unpaired) electrons. The average Bonchev–Trinajstić information content (AvgIpc) is 3.43. The summed E-state index contributed by atoms with van der Waals surface area (Å²) in [4.78, 5) is 21.5. The third kappa shape index (κ3) is 4.79. The van der Waals surface area contributed by atoms with Crippen molar-refractivity contribution >= 4 is 18.3 Å². The Bertz CT molecular complexity index is 794. The van der Waals surface area contributed by atoms with Crippen LogP contribution in [0.5, 0.6) is 0 Å². The number of piperazine rings is 1. The van der Waals surface area contributed by atoms with Gasteiger partial charge in [0.1, 0.15) is 5.69 Å². The van der Waals surface area contributed by atoms with Gasteiger partial charge in [0, 0.05) is 45.3 Å². The van der Waals surface area contributed by atoms with Gasteiger partial charge in [0.05, 0.1) is 12.1 Å². The van der Waals surface area contributed by atoms with E-state index in [2.05, 4.69) is 32.4 Å². The standard InChI is InChI=1S/C19H29N7O2.ClH/c1-3-17-21-18(28-23-17)14(2)24-9-11-25(12-10-24)19(27)16-6-8-26(22-16)15-5-4-7-20-13-15;/h6,8,14-15,20H,3-5,7,9-13H2,1-2H3;1H. The fraction of sp³-hybridized carbons (Fsp3) is 0.684. The molecular formula is C19H30ClN7O2. The second kappa shape index (κ2) is 9.69. The lowest BCUT2D eigenvalue weighted by Gasteiger charge is -2.36. The molecule has 2 aliphatic rings. The zero-order valence-electron chi connectivity index (χ0n) is 17.1. The second-order valence-electron chi connectivity index (χ2n) is 7.59. The molecular weight excluding hydrogens is 394 g/mol. The molecule has 0 spiro atoms. The van der Waals surface area contributed by atoms with Crippen molar-refractivity contribution in [3.05, 3.63) is 29.7 Å². The molecule has 0 bridgehead atoms. The first-order valence-electron chi connectivity index (χ1n) is 10.3. The Morgan fingerprint density at radius 3 is 2.79 bits per heavy atom. The predicted octanol–water partition coefficient (Wildman–Crippen LogP) is 1.69. The molecule has 1 N–H and O–H groups in total. The molecule has 160 valence electrons. The van der Waals surface area contributed by atoms with Crippen LogP contribution >= 0.6 is 12.4 Å². The topological polar surface area (TPSA) is 92.3 Å². The van der Waals surface area contributed by atoms with E-state index in [1.165, 1.54) is 0 Å². The molecule has 2 fully saturated rings. The molecule has 2 saturated heterocycles. The summed E-state index contributed by atoms with van der Waals surface area (Å²) in [5.74, 6) is 1.40. The smallest absolute Gasteiger partial charge is 0.274 e. The first kappa shape index (κ1) is 21.7. The summed E-state index contributed by atoms with van der Waals surface area (Å²) in [6.45, 7) is 8.98. The largest absolute Gasteiger partial charge is 0.338 e. The zero-order valence-corrected chi connectivity index (χ0v) is 17.9. The predicted molar refractivity (Wildman–Crippen MR) is 110 cm³/mol. The van der Waals surface area contributed by atoms with Crippen LogP contribution in [0.25, 0.3) is 0 Å². The summed E-state index contributed by atoms with van der Waals surface area (Å²) in [5.41, 5.74) is 0.538. The highest BCUT2D eigenvalue weighted by Crippen LogP contribution is 2.21. The number of carbonyl (C=O) groups excluding carboxylic acids is 1. The van der Waals surface area contributed by atoms with Crippen LogP contribution in [0.3, 0.4) is 0 Å². The van der Waals surface area contributed by atoms with Crippen LogP contribution in [-0.2, 0) is 6.42 Å². The molecule has 2 aromatic heterocycles. The van der Waals surface area contributed by atoms with E-state index in [1.54, 1.807) is 0 Å². The number of piperidine rings is 1. The fourth-order valence-electron chi connectivity index (χ4n) is 3.93. The maximum Gasteiger partial charge on any atom is 0.274 e. The van der Waals surface area contributed by atoms with Gasteiger partial charge in [-0.25, -0.2) is 0 Å². The number of halogens is 1. The lowest BCUT2D eigenvalue weighted by atomic mass is 10.1. The first-order chi connectivity index (χ1) is 13.7. The van der Waals surface area contributed by atoms with Crippen LogP contribution in [0, 0.1) is 0 Å². The van der Waals surface area contributed by atoms with Gasteiger partial charge in [-0.15, -0.1) is 12.4 Å². The lowest BCUT2D eigenvalue weighted by Crippen LogP contribution is -2.49. The van der Waals surface area contributed by atoms with Crippen molar-refractivity contribution in [3.8, 4) is 0 Å². The van der Waals surface area contributed by atoms with Crippen molar-refractivity contribution in [1.82, 2.24) is 35.0 Å². The van der Waals surface area contributed by atoms with E-state index >= 15 is 0 Å². The highest BCUT2D eigenvalue weighted by molar-refractivity contribution is 5.92. The van der Waals surface area contributed by atoms with Crippen molar-refractivity contribution in [1.29, 1.82) is 0 Å². The summed E-state index contributed by atoms with van der Waals surface area (Å²) in [7, 11) is 0. The maximum absolute atomic E-state index is 12.9. The molecule has 2 aromatic rings. The summed E-state index contributed by atoms with van der Waals surface area (Å²) in [6, 6.07) is 2.25. The molecule has 1 amide bonds. The number of nitrogens with one attached hydrogen (secondary N) is 1. The Morgan fingerprint density at radius 1 is 1.34 bits per heavy atom. The Balaban J connectivity index is 0.00000240. The minimum absolute atomic E-state index is 0. The molecule has 9 nitrogen and oxygen atoms in total. The van der Waals surface area contributed by atoms with Gasteiger partial charge < -0.3 is 14.7 Å². The summed E-state index contributed by atoms with van der Waals surface area (Å²) in [5, 5.41) is 11.9. The zero-order chi connectivity index (χ0) is 19.5. The van der Waals surface area contributed by atoms with E-state index in [0.29, 0.717) is 30.7 Å². The summed E-state index contributed by atoms with van der Waals surface area (Å²) >= 11 is 0. The summed E-state index contributed by atoms with van der Waals surface area (Å²) in [6.07, 6.45) is 4.95. The van der Waals surface area contributed by atoms with Crippen molar-refractivity contribution in [2.75, 3.05) is 39.3 Å². The minimum Gasteiger partial charge on any atom is -0.338 e. The average molecular weight is 424 g/mol. The molecule has 2 atom stereocenters. The van der Waals surface area contributed by atoms with Crippen molar-refractivity contribution in [3.63, 3.8) is 0 Å². The molecule has 29 heavy (non-hydrogen) atoms.